The smallest absolute Gasteiger partial charge is 0.423 e. The summed E-state index contributed by atoms with van der Waals surface area (Å²) in [5.41, 5.74) is -0.499. The summed E-state index contributed by atoms with van der Waals surface area (Å²) in [5, 5.41) is 8.87. The molecule has 15 heavy (non-hydrogen) atoms. The molecule has 0 saturated carbocycles. The van der Waals surface area contributed by atoms with E-state index in [4.69, 9.17) is 5.11 Å². The van der Waals surface area contributed by atoms with Crippen LogP contribution in [0.2, 0.25) is 0 Å². The van der Waals surface area contributed by atoms with Crippen LogP contribution in [0.4, 0.5) is 4.79 Å². The van der Waals surface area contributed by atoms with E-state index >= 15 is 0 Å². The molecule has 1 aliphatic rings. The van der Waals surface area contributed by atoms with Crippen LogP contribution in [0.3, 0.4) is 0 Å². The fourth-order valence-corrected chi connectivity index (χ4v) is 3.43. The van der Waals surface area contributed by atoms with Crippen molar-refractivity contribution in [2.45, 2.75) is 39.8 Å². The van der Waals surface area contributed by atoms with Gasteiger partial charge in [-0.15, -0.1) is 0 Å². The number of carbonyl (C=O) groups is 1. The highest BCUT2D eigenvalue weighted by Crippen LogP contribution is 2.36. The minimum Gasteiger partial charge on any atom is -0.464 e. The van der Waals surface area contributed by atoms with Crippen molar-refractivity contribution in [2.24, 2.45) is 5.41 Å². The van der Waals surface area contributed by atoms with Gasteiger partial charge in [-0.2, -0.15) is 12.7 Å². The fraction of sp³-hybridized carbons (Fsp3) is 0.875. The van der Waals surface area contributed by atoms with Crippen LogP contribution in [-0.2, 0) is 14.5 Å². The molecule has 88 valence electrons. The Kier molecular flexibility index (Phi) is 2.73. The van der Waals surface area contributed by atoms with Crippen LogP contribution >= 0.6 is 0 Å². The summed E-state index contributed by atoms with van der Waals surface area (Å²) in [6, 6.07) is -0.694. The summed E-state index contributed by atoms with van der Waals surface area (Å²) in [6.45, 7) is 6.87. The maximum absolute atomic E-state index is 11.4. The van der Waals surface area contributed by atoms with Crippen molar-refractivity contribution < 1.29 is 22.5 Å². The Morgan fingerprint density at radius 2 is 1.87 bits per heavy atom. The van der Waals surface area contributed by atoms with Crippen molar-refractivity contribution in [2.75, 3.05) is 0 Å². The average Bonchev–Trinajstić information content (AvgIpc) is 2.17. The molecule has 1 amide bonds. The van der Waals surface area contributed by atoms with E-state index in [2.05, 4.69) is 4.18 Å². The minimum absolute atomic E-state index is 0.400. The number of rotatable bonds is 0. The van der Waals surface area contributed by atoms with E-state index in [-0.39, 0.29) is 0 Å². The van der Waals surface area contributed by atoms with Gasteiger partial charge in [-0.3, -0.25) is 0 Å². The normalized spacial score (nSPS) is 30.5. The maximum atomic E-state index is 11.4. The first kappa shape index (κ1) is 12.3. The molecule has 0 aromatic rings. The van der Waals surface area contributed by atoms with Crippen LogP contribution in [0.25, 0.3) is 0 Å². The predicted molar refractivity (Wildman–Crippen MR) is 52.6 cm³/mol. The Labute approximate surface area is 89.1 Å². The summed E-state index contributed by atoms with van der Waals surface area (Å²) >= 11 is 0. The van der Waals surface area contributed by atoms with Crippen molar-refractivity contribution in [3.05, 3.63) is 0 Å². The Bertz CT molecular complexity index is 369. The van der Waals surface area contributed by atoms with Crippen LogP contribution in [-0.4, -0.2) is 36.1 Å². The Balaban J connectivity index is 3.22. The van der Waals surface area contributed by atoms with Gasteiger partial charge >= 0.3 is 16.4 Å². The molecule has 7 heteroatoms. The van der Waals surface area contributed by atoms with Gasteiger partial charge in [-0.1, -0.05) is 20.8 Å². The predicted octanol–water partition coefficient (Wildman–Crippen LogP) is 1.04. The summed E-state index contributed by atoms with van der Waals surface area (Å²) in [6.07, 6.45) is -2.16. The maximum Gasteiger partial charge on any atom is 0.423 e. The van der Waals surface area contributed by atoms with Gasteiger partial charge < -0.3 is 5.11 Å². The largest absolute Gasteiger partial charge is 0.464 e. The summed E-state index contributed by atoms with van der Waals surface area (Å²) in [4.78, 5) is 10.9. The van der Waals surface area contributed by atoms with Crippen LogP contribution in [0.15, 0.2) is 0 Å². The standard InChI is InChI=1S/C8H15NO5S/c1-5-6(8(2,3)4)9(7(10)11)15(12,13)14-5/h5-6H,1-4H3,(H,10,11)/t5-,6?/m0/s1. The van der Waals surface area contributed by atoms with Gasteiger partial charge in [0.05, 0.1) is 12.1 Å². The number of carboxylic acid groups (broad SMARTS) is 1. The summed E-state index contributed by atoms with van der Waals surface area (Å²) in [5.74, 6) is 0. The Morgan fingerprint density at radius 3 is 2.13 bits per heavy atom. The first-order valence-electron chi connectivity index (χ1n) is 4.53. The molecule has 0 aromatic carbocycles. The molecule has 0 aliphatic carbocycles. The van der Waals surface area contributed by atoms with Gasteiger partial charge in [0.1, 0.15) is 0 Å². The Morgan fingerprint density at radius 1 is 1.40 bits per heavy atom. The molecular weight excluding hydrogens is 222 g/mol. The van der Waals surface area contributed by atoms with E-state index in [1.165, 1.54) is 0 Å². The molecule has 1 saturated heterocycles. The molecule has 1 aliphatic heterocycles. The molecule has 1 unspecified atom stereocenters. The number of nitrogens with zero attached hydrogens (tertiary/aromatic N) is 1. The second kappa shape index (κ2) is 3.34. The number of hydrogen-bond acceptors (Lipinski definition) is 4. The molecule has 0 bridgehead atoms. The van der Waals surface area contributed by atoms with E-state index in [0.29, 0.717) is 4.31 Å². The lowest BCUT2D eigenvalue weighted by atomic mass is 9.84. The van der Waals surface area contributed by atoms with Crippen LogP contribution in [0.1, 0.15) is 27.7 Å². The van der Waals surface area contributed by atoms with Crippen LogP contribution in [0, 0.1) is 5.41 Å². The third kappa shape index (κ3) is 2.07. The summed E-state index contributed by atoms with van der Waals surface area (Å²) < 4.78 is 27.9. The minimum atomic E-state index is -4.13. The van der Waals surface area contributed by atoms with Gasteiger partial charge in [0.25, 0.3) is 0 Å². The molecule has 1 rings (SSSR count). The zero-order valence-corrected chi connectivity index (χ0v) is 9.91. The Hall–Kier alpha value is -0.820. The first-order chi connectivity index (χ1) is 6.57. The van der Waals surface area contributed by atoms with Gasteiger partial charge in [-0.25, -0.2) is 8.98 Å². The van der Waals surface area contributed by atoms with Crippen LogP contribution in [0.5, 0.6) is 0 Å². The van der Waals surface area contributed by atoms with Crippen LogP contribution < -0.4 is 0 Å². The number of amides is 1. The third-order valence-electron chi connectivity index (χ3n) is 2.29. The lowest BCUT2D eigenvalue weighted by Crippen LogP contribution is -2.47. The second-order valence-corrected chi connectivity index (χ2v) is 6.09. The highest BCUT2D eigenvalue weighted by atomic mass is 32.2. The SMILES string of the molecule is C[C@@H]1OS(=O)(=O)N(C(=O)O)C1C(C)(C)C. The van der Waals surface area contributed by atoms with Crippen molar-refractivity contribution in [1.29, 1.82) is 0 Å². The lowest BCUT2D eigenvalue weighted by molar-refractivity contribution is 0.105. The van der Waals surface area contributed by atoms with Gasteiger partial charge in [0.15, 0.2) is 0 Å². The zero-order valence-electron chi connectivity index (χ0n) is 9.09. The van der Waals surface area contributed by atoms with E-state index in [9.17, 15) is 13.2 Å². The van der Waals surface area contributed by atoms with Gasteiger partial charge in [0.2, 0.25) is 0 Å². The van der Waals surface area contributed by atoms with Crippen molar-refractivity contribution >= 4 is 16.4 Å². The average molecular weight is 237 g/mol. The quantitative estimate of drug-likeness (QED) is 0.680. The molecular formula is C8H15NO5S. The zero-order chi connectivity index (χ0) is 12.0. The molecule has 2 atom stereocenters. The van der Waals surface area contributed by atoms with Crippen molar-refractivity contribution in [3.63, 3.8) is 0 Å². The number of hydrogen-bond donors (Lipinski definition) is 1. The molecule has 1 heterocycles. The molecule has 0 radical (unpaired) electrons. The van der Waals surface area contributed by atoms with E-state index in [1.54, 1.807) is 27.7 Å². The lowest BCUT2D eigenvalue weighted by Gasteiger charge is -2.31. The van der Waals surface area contributed by atoms with Gasteiger partial charge in [0, 0.05) is 0 Å². The monoisotopic (exact) mass is 237 g/mol. The van der Waals surface area contributed by atoms with Crippen molar-refractivity contribution in [3.8, 4) is 0 Å². The van der Waals surface area contributed by atoms with Gasteiger partial charge in [-0.05, 0) is 12.3 Å². The fourth-order valence-electron chi connectivity index (χ4n) is 1.89. The van der Waals surface area contributed by atoms with E-state index < -0.39 is 34.0 Å². The van der Waals surface area contributed by atoms with E-state index in [0.717, 1.165) is 0 Å². The topological polar surface area (TPSA) is 83.9 Å². The molecule has 0 spiro atoms. The highest BCUT2D eigenvalue weighted by Gasteiger charge is 2.52. The van der Waals surface area contributed by atoms with E-state index in [1.807, 2.05) is 0 Å². The third-order valence-corrected chi connectivity index (χ3v) is 3.70. The summed E-state index contributed by atoms with van der Waals surface area (Å²) in [7, 11) is -4.13. The molecule has 1 fully saturated rings. The molecule has 1 N–H and O–H groups in total. The second-order valence-electron chi connectivity index (χ2n) is 4.65. The van der Waals surface area contributed by atoms with Crippen molar-refractivity contribution in [1.82, 2.24) is 4.31 Å². The highest BCUT2D eigenvalue weighted by molar-refractivity contribution is 7.85. The molecule has 0 aromatic heterocycles. The first-order valence-corrected chi connectivity index (χ1v) is 5.89. The molecule has 6 nitrogen and oxygen atoms in total.